The average Bonchev–Trinajstić information content (AvgIpc) is 2.51. The Labute approximate surface area is 153 Å². The molecule has 0 saturated carbocycles. The molecule has 1 heterocycles. The van der Waals surface area contributed by atoms with E-state index >= 15 is 0 Å². The molecule has 1 aliphatic rings. The van der Waals surface area contributed by atoms with Gasteiger partial charge in [-0.25, -0.2) is 9.59 Å². The summed E-state index contributed by atoms with van der Waals surface area (Å²) in [7, 11) is 0. The molecule has 1 aliphatic heterocycles. The zero-order valence-electron chi connectivity index (χ0n) is 15.0. The highest BCUT2D eigenvalue weighted by molar-refractivity contribution is 6.30. The maximum atomic E-state index is 12.4. The Morgan fingerprint density at radius 1 is 1.36 bits per heavy atom. The van der Waals surface area contributed by atoms with Gasteiger partial charge in [-0.15, -0.1) is 0 Å². The summed E-state index contributed by atoms with van der Waals surface area (Å²) in [6, 6.07) is 6.92. The Kier molecular flexibility index (Phi) is 6.53. The summed E-state index contributed by atoms with van der Waals surface area (Å²) in [6.45, 7) is 7.28. The Morgan fingerprint density at radius 2 is 2.12 bits per heavy atom. The quantitative estimate of drug-likeness (QED) is 0.844. The lowest BCUT2D eigenvalue weighted by atomic mass is 9.98. The van der Waals surface area contributed by atoms with Crippen LogP contribution in [-0.4, -0.2) is 42.3 Å². The van der Waals surface area contributed by atoms with Gasteiger partial charge in [0.15, 0.2) is 0 Å². The summed E-state index contributed by atoms with van der Waals surface area (Å²) in [5.74, 6) is 0.214. The van der Waals surface area contributed by atoms with Gasteiger partial charge in [0.1, 0.15) is 5.60 Å². The highest BCUT2D eigenvalue weighted by Gasteiger charge is 2.25. The van der Waals surface area contributed by atoms with Crippen LogP contribution in [0.1, 0.15) is 33.6 Å². The van der Waals surface area contributed by atoms with Crippen molar-refractivity contribution in [3.63, 3.8) is 0 Å². The van der Waals surface area contributed by atoms with Gasteiger partial charge in [-0.05, 0) is 57.7 Å². The van der Waals surface area contributed by atoms with Gasteiger partial charge in [-0.3, -0.25) is 0 Å². The molecule has 1 atom stereocenters. The number of carbonyl (C=O) groups is 2. The van der Waals surface area contributed by atoms with Crippen molar-refractivity contribution < 1.29 is 14.3 Å². The Morgan fingerprint density at radius 3 is 2.80 bits per heavy atom. The van der Waals surface area contributed by atoms with Gasteiger partial charge in [0, 0.05) is 30.3 Å². The molecule has 2 N–H and O–H groups in total. The van der Waals surface area contributed by atoms with Crippen molar-refractivity contribution in [3.05, 3.63) is 29.3 Å². The van der Waals surface area contributed by atoms with Gasteiger partial charge < -0.3 is 20.3 Å². The molecule has 0 aromatic heterocycles. The Bertz CT molecular complexity index is 616. The molecule has 0 bridgehead atoms. The Hall–Kier alpha value is -1.95. The first-order chi connectivity index (χ1) is 11.7. The van der Waals surface area contributed by atoms with Crippen LogP contribution < -0.4 is 10.6 Å². The number of benzene rings is 1. The summed E-state index contributed by atoms with van der Waals surface area (Å²) >= 11 is 5.94. The van der Waals surface area contributed by atoms with Crippen LogP contribution >= 0.6 is 11.6 Å². The summed E-state index contributed by atoms with van der Waals surface area (Å²) in [5.41, 5.74) is 0.158. The van der Waals surface area contributed by atoms with Crippen LogP contribution in [-0.2, 0) is 4.74 Å². The molecule has 1 fully saturated rings. The minimum atomic E-state index is -0.514. The number of rotatable bonds is 3. The standard InChI is InChI=1S/C18H26ClN3O3/c1-18(2,3)25-17(24)20-11-13-6-5-9-22(12-13)16(23)21-15-8-4-7-14(19)10-15/h4,7-8,10,13H,5-6,9,11-12H2,1-3H3,(H,20,24)(H,21,23). The number of anilines is 1. The first-order valence-electron chi connectivity index (χ1n) is 8.51. The van der Waals surface area contributed by atoms with Crippen molar-refractivity contribution >= 4 is 29.4 Å². The van der Waals surface area contributed by atoms with Crippen LogP contribution in [0.3, 0.4) is 0 Å². The van der Waals surface area contributed by atoms with Crippen LogP contribution in [0, 0.1) is 5.92 Å². The second-order valence-corrected chi connectivity index (χ2v) is 7.71. The molecule has 3 amide bonds. The van der Waals surface area contributed by atoms with Crippen LogP contribution in [0.25, 0.3) is 0 Å². The van der Waals surface area contributed by atoms with E-state index < -0.39 is 11.7 Å². The lowest BCUT2D eigenvalue weighted by Crippen LogP contribution is -2.45. The molecule has 7 heteroatoms. The zero-order valence-corrected chi connectivity index (χ0v) is 15.7. The second kappa shape index (κ2) is 8.43. The van der Waals surface area contributed by atoms with E-state index in [1.165, 1.54) is 0 Å². The lowest BCUT2D eigenvalue weighted by Gasteiger charge is -2.33. The van der Waals surface area contributed by atoms with Crippen molar-refractivity contribution in [1.29, 1.82) is 0 Å². The predicted octanol–water partition coefficient (Wildman–Crippen LogP) is 4.11. The topological polar surface area (TPSA) is 70.7 Å². The van der Waals surface area contributed by atoms with Crippen molar-refractivity contribution in [2.75, 3.05) is 25.0 Å². The third-order valence-corrected chi connectivity index (χ3v) is 4.05. The smallest absolute Gasteiger partial charge is 0.407 e. The van der Waals surface area contributed by atoms with E-state index in [4.69, 9.17) is 16.3 Å². The number of hydrogen-bond donors (Lipinski definition) is 2. The fourth-order valence-electron chi connectivity index (χ4n) is 2.73. The number of urea groups is 1. The van der Waals surface area contributed by atoms with Crippen LogP contribution in [0.5, 0.6) is 0 Å². The average molecular weight is 368 g/mol. The molecule has 1 saturated heterocycles. The number of nitrogens with zero attached hydrogens (tertiary/aromatic N) is 1. The van der Waals surface area contributed by atoms with E-state index in [9.17, 15) is 9.59 Å². The van der Waals surface area contributed by atoms with E-state index in [1.54, 1.807) is 29.2 Å². The van der Waals surface area contributed by atoms with E-state index in [0.717, 1.165) is 12.8 Å². The summed E-state index contributed by atoms with van der Waals surface area (Å²) in [4.78, 5) is 25.9. The number of likely N-dealkylation sites (tertiary alicyclic amines) is 1. The minimum Gasteiger partial charge on any atom is -0.444 e. The zero-order chi connectivity index (χ0) is 18.4. The number of hydrogen-bond acceptors (Lipinski definition) is 3. The van der Waals surface area contributed by atoms with Crippen molar-refractivity contribution in [2.45, 2.75) is 39.2 Å². The largest absolute Gasteiger partial charge is 0.444 e. The summed E-state index contributed by atoms with van der Waals surface area (Å²) in [5, 5.41) is 6.23. The van der Waals surface area contributed by atoms with Crippen molar-refractivity contribution in [3.8, 4) is 0 Å². The highest BCUT2D eigenvalue weighted by Crippen LogP contribution is 2.19. The SMILES string of the molecule is CC(C)(C)OC(=O)NCC1CCCN(C(=O)Nc2cccc(Cl)c2)C1. The third kappa shape index (κ3) is 6.82. The number of ether oxygens (including phenoxy) is 1. The van der Waals surface area contributed by atoms with Gasteiger partial charge in [0.25, 0.3) is 0 Å². The number of carbonyl (C=O) groups excluding carboxylic acids is 2. The highest BCUT2D eigenvalue weighted by atomic mass is 35.5. The van der Waals surface area contributed by atoms with E-state index in [0.29, 0.717) is 30.3 Å². The van der Waals surface area contributed by atoms with Crippen LogP contribution in [0.2, 0.25) is 5.02 Å². The fraction of sp³-hybridized carbons (Fsp3) is 0.556. The summed E-state index contributed by atoms with van der Waals surface area (Å²) in [6.07, 6.45) is 1.45. The molecule has 1 aromatic carbocycles. The molecule has 0 aliphatic carbocycles. The minimum absolute atomic E-state index is 0.149. The number of piperidine rings is 1. The molecule has 138 valence electrons. The van der Waals surface area contributed by atoms with Gasteiger partial charge in [0.05, 0.1) is 0 Å². The summed E-state index contributed by atoms with van der Waals surface area (Å²) < 4.78 is 5.24. The molecular weight excluding hydrogens is 342 g/mol. The van der Waals surface area contributed by atoms with Gasteiger partial charge >= 0.3 is 12.1 Å². The number of alkyl carbamates (subject to hydrolysis) is 1. The molecule has 6 nitrogen and oxygen atoms in total. The van der Waals surface area contributed by atoms with Gasteiger partial charge in [0.2, 0.25) is 0 Å². The fourth-order valence-corrected chi connectivity index (χ4v) is 2.92. The Balaban J connectivity index is 1.81. The van der Waals surface area contributed by atoms with E-state index in [-0.39, 0.29) is 11.9 Å². The van der Waals surface area contributed by atoms with Crippen LogP contribution in [0.15, 0.2) is 24.3 Å². The van der Waals surface area contributed by atoms with Gasteiger partial charge in [-0.2, -0.15) is 0 Å². The van der Waals surface area contributed by atoms with E-state index in [2.05, 4.69) is 10.6 Å². The first kappa shape index (κ1) is 19.4. The third-order valence-electron chi connectivity index (χ3n) is 3.82. The van der Waals surface area contributed by atoms with Crippen LogP contribution in [0.4, 0.5) is 15.3 Å². The maximum Gasteiger partial charge on any atom is 0.407 e. The molecule has 1 unspecified atom stereocenters. The molecule has 25 heavy (non-hydrogen) atoms. The molecule has 0 radical (unpaired) electrons. The molecule has 1 aromatic rings. The first-order valence-corrected chi connectivity index (χ1v) is 8.89. The van der Waals surface area contributed by atoms with Crippen molar-refractivity contribution in [1.82, 2.24) is 10.2 Å². The normalized spacial score (nSPS) is 17.8. The monoisotopic (exact) mass is 367 g/mol. The molecule has 2 rings (SSSR count). The maximum absolute atomic E-state index is 12.4. The van der Waals surface area contributed by atoms with Gasteiger partial charge in [-0.1, -0.05) is 17.7 Å². The van der Waals surface area contributed by atoms with Crippen molar-refractivity contribution in [2.24, 2.45) is 5.92 Å². The van der Waals surface area contributed by atoms with E-state index in [1.807, 2.05) is 20.8 Å². The molecule has 0 spiro atoms. The second-order valence-electron chi connectivity index (χ2n) is 7.28. The number of halogens is 1. The molecular formula is C18H26ClN3O3. The number of nitrogens with one attached hydrogen (secondary N) is 2. The predicted molar refractivity (Wildman–Crippen MR) is 99.0 cm³/mol. The lowest BCUT2D eigenvalue weighted by molar-refractivity contribution is 0.0512. The number of amides is 3.